The molecule has 7 nitrogen and oxygen atoms in total. The molecule has 2 aromatic rings. The quantitative estimate of drug-likeness (QED) is 0.596. The summed E-state index contributed by atoms with van der Waals surface area (Å²) in [5, 5.41) is 10.1. The molecular weight excluding hydrogens is 475 g/mol. The molecular formula is C26H36F3N3O4. The van der Waals surface area contributed by atoms with E-state index in [0.717, 1.165) is 36.7 Å². The van der Waals surface area contributed by atoms with Crippen molar-refractivity contribution >= 4 is 5.91 Å². The van der Waals surface area contributed by atoms with E-state index in [1.807, 2.05) is 37.2 Å². The van der Waals surface area contributed by atoms with Crippen molar-refractivity contribution in [2.24, 2.45) is 18.0 Å². The summed E-state index contributed by atoms with van der Waals surface area (Å²) in [6.07, 6.45) is -3.70. The third kappa shape index (κ3) is 6.59. The first-order valence-electron chi connectivity index (χ1n) is 12.2. The van der Waals surface area contributed by atoms with E-state index in [-0.39, 0.29) is 35.4 Å². The standard InChI is InChI=1S/C26H36F3N3O4/c1-16(2)20(33)15-36-21-10-9-17(26(27,28)29)12-19(21)24(34)30-23-13-22(25(3,4)5)31(6)32(23)14-18-8-7-11-35-18/h9-10,12-13,16,18,20,33H,7-8,11,14-15H2,1-6H3/b30-23+/t18-,20-/m1/s1. The Morgan fingerprint density at radius 3 is 2.50 bits per heavy atom. The molecule has 1 fully saturated rings. The molecule has 0 aliphatic carbocycles. The number of ether oxygens (including phenoxy) is 2. The summed E-state index contributed by atoms with van der Waals surface area (Å²) < 4.78 is 55.4. The normalized spacial score (nSPS) is 18.2. The number of benzene rings is 1. The van der Waals surface area contributed by atoms with Crippen molar-refractivity contribution in [2.45, 2.75) is 77.8 Å². The number of nitrogens with zero attached hydrogens (tertiary/aromatic N) is 3. The number of aliphatic hydroxyl groups excluding tert-OH is 1. The van der Waals surface area contributed by atoms with Crippen LogP contribution in [-0.2, 0) is 29.9 Å². The van der Waals surface area contributed by atoms with Crippen LogP contribution in [0.5, 0.6) is 5.75 Å². The van der Waals surface area contributed by atoms with Crippen LogP contribution in [0.4, 0.5) is 13.2 Å². The molecule has 0 saturated carbocycles. The lowest BCUT2D eigenvalue weighted by Crippen LogP contribution is -2.30. The highest BCUT2D eigenvalue weighted by molar-refractivity contribution is 5.97. The Balaban J connectivity index is 2.08. The van der Waals surface area contributed by atoms with E-state index in [4.69, 9.17) is 9.47 Å². The van der Waals surface area contributed by atoms with Crippen LogP contribution in [0, 0.1) is 5.92 Å². The highest BCUT2D eigenvalue weighted by Crippen LogP contribution is 2.33. The maximum atomic E-state index is 13.4. The topological polar surface area (TPSA) is 78.0 Å². The van der Waals surface area contributed by atoms with Crippen LogP contribution in [0.3, 0.4) is 0 Å². The largest absolute Gasteiger partial charge is 0.490 e. The van der Waals surface area contributed by atoms with Gasteiger partial charge in [-0.1, -0.05) is 34.6 Å². The number of rotatable bonds is 7. The maximum absolute atomic E-state index is 13.4. The Morgan fingerprint density at radius 1 is 1.25 bits per heavy atom. The molecule has 10 heteroatoms. The molecule has 3 rings (SSSR count). The number of carbonyl (C=O) groups is 1. The van der Waals surface area contributed by atoms with Crippen LogP contribution in [0.1, 0.15) is 69.1 Å². The second-order valence-electron chi connectivity index (χ2n) is 10.6. The second-order valence-corrected chi connectivity index (χ2v) is 10.6. The number of aromatic nitrogens is 2. The fraction of sp³-hybridized carbons (Fsp3) is 0.615. The van der Waals surface area contributed by atoms with Gasteiger partial charge >= 0.3 is 6.18 Å². The Labute approximate surface area is 209 Å². The number of carbonyl (C=O) groups excluding carboxylic acids is 1. The van der Waals surface area contributed by atoms with Gasteiger partial charge in [-0.25, -0.2) is 0 Å². The fourth-order valence-corrected chi connectivity index (χ4v) is 4.09. The highest BCUT2D eigenvalue weighted by atomic mass is 19.4. The van der Waals surface area contributed by atoms with E-state index in [9.17, 15) is 23.1 Å². The zero-order chi connectivity index (χ0) is 26.8. The molecule has 2 heterocycles. The molecule has 1 aliphatic heterocycles. The number of halogens is 3. The maximum Gasteiger partial charge on any atom is 0.416 e. The van der Waals surface area contributed by atoms with Gasteiger partial charge in [0.05, 0.1) is 29.9 Å². The zero-order valence-corrected chi connectivity index (χ0v) is 21.7. The summed E-state index contributed by atoms with van der Waals surface area (Å²) in [7, 11) is 1.87. The van der Waals surface area contributed by atoms with E-state index < -0.39 is 23.8 Å². The second kappa shape index (κ2) is 10.8. The molecule has 200 valence electrons. The number of hydrogen-bond donors (Lipinski definition) is 1. The zero-order valence-electron chi connectivity index (χ0n) is 21.7. The molecule has 2 atom stereocenters. The van der Waals surface area contributed by atoms with Crippen molar-refractivity contribution in [1.82, 2.24) is 9.36 Å². The van der Waals surface area contributed by atoms with E-state index in [2.05, 4.69) is 4.99 Å². The lowest BCUT2D eigenvalue weighted by Gasteiger charge is -2.21. The summed E-state index contributed by atoms with van der Waals surface area (Å²) in [4.78, 5) is 17.6. The monoisotopic (exact) mass is 511 g/mol. The van der Waals surface area contributed by atoms with Crippen molar-refractivity contribution in [3.8, 4) is 5.75 Å². The van der Waals surface area contributed by atoms with E-state index in [1.54, 1.807) is 19.9 Å². The number of aliphatic hydroxyl groups is 1. The lowest BCUT2D eigenvalue weighted by atomic mass is 9.92. The van der Waals surface area contributed by atoms with Crippen LogP contribution in [0.25, 0.3) is 0 Å². The van der Waals surface area contributed by atoms with Gasteiger partial charge in [0.1, 0.15) is 12.4 Å². The minimum atomic E-state index is -4.64. The SMILES string of the molecule is CC(C)[C@H](O)COc1ccc(C(F)(F)F)cc1C(=O)/N=c1\cc(C(C)(C)C)n(C)n1C[C@H]1CCCO1. The van der Waals surface area contributed by atoms with Crippen molar-refractivity contribution < 1.29 is 32.5 Å². The first-order chi connectivity index (χ1) is 16.7. The first-order valence-corrected chi connectivity index (χ1v) is 12.2. The van der Waals surface area contributed by atoms with Gasteiger partial charge in [-0.05, 0) is 37.0 Å². The summed E-state index contributed by atoms with van der Waals surface area (Å²) in [5.41, 5.74) is -0.318. The Kier molecular flexibility index (Phi) is 8.40. The number of alkyl halides is 3. The van der Waals surface area contributed by atoms with E-state index in [0.29, 0.717) is 18.6 Å². The van der Waals surface area contributed by atoms with E-state index in [1.165, 1.54) is 0 Å². The molecule has 1 aromatic heterocycles. The van der Waals surface area contributed by atoms with Gasteiger partial charge in [-0.2, -0.15) is 18.2 Å². The van der Waals surface area contributed by atoms with Crippen LogP contribution < -0.4 is 10.2 Å². The van der Waals surface area contributed by atoms with Gasteiger partial charge in [0.25, 0.3) is 5.91 Å². The van der Waals surface area contributed by atoms with Crippen LogP contribution >= 0.6 is 0 Å². The highest BCUT2D eigenvalue weighted by Gasteiger charge is 2.32. The van der Waals surface area contributed by atoms with E-state index >= 15 is 0 Å². The number of amides is 1. The summed E-state index contributed by atoms with van der Waals surface area (Å²) in [5.74, 6) is -1.04. The Bertz CT molecular complexity index is 1140. The minimum absolute atomic E-state index is 0.0366. The van der Waals surface area contributed by atoms with Gasteiger partial charge in [0, 0.05) is 30.8 Å². The molecule has 0 spiro atoms. The molecule has 1 aliphatic rings. The van der Waals surface area contributed by atoms with Gasteiger partial charge in [-0.15, -0.1) is 0 Å². The van der Waals surface area contributed by atoms with Crippen molar-refractivity contribution in [1.29, 1.82) is 0 Å². The average Bonchev–Trinajstić information content (AvgIpc) is 3.40. The van der Waals surface area contributed by atoms with Crippen molar-refractivity contribution in [2.75, 3.05) is 13.2 Å². The van der Waals surface area contributed by atoms with Gasteiger partial charge in [0.2, 0.25) is 0 Å². The minimum Gasteiger partial charge on any atom is -0.490 e. The predicted molar refractivity (Wildman–Crippen MR) is 129 cm³/mol. The predicted octanol–water partition coefficient (Wildman–Crippen LogP) is 4.46. The van der Waals surface area contributed by atoms with Crippen LogP contribution in [0.15, 0.2) is 29.3 Å². The molecule has 0 unspecified atom stereocenters. The average molecular weight is 512 g/mol. The summed E-state index contributed by atoms with van der Waals surface area (Å²) >= 11 is 0. The summed E-state index contributed by atoms with van der Waals surface area (Å²) in [6.45, 7) is 10.6. The third-order valence-electron chi connectivity index (χ3n) is 6.34. The molecule has 1 aromatic carbocycles. The van der Waals surface area contributed by atoms with Crippen LogP contribution in [0.2, 0.25) is 0 Å². The summed E-state index contributed by atoms with van der Waals surface area (Å²) in [6, 6.07) is 4.49. The molecule has 0 bridgehead atoms. The lowest BCUT2D eigenvalue weighted by molar-refractivity contribution is -0.137. The fourth-order valence-electron chi connectivity index (χ4n) is 4.09. The Morgan fingerprint density at radius 2 is 1.94 bits per heavy atom. The third-order valence-corrected chi connectivity index (χ3v) is 6.34. The molecule has 0 radical (unpaired) electrons. The Hall–Kier alpha value is -2.59. The smallest absolute Gasteiger partial charge is 0.416 e. The van der Waals surface area contributed by atoms with Crippen molar-refractivity contribution in [3.05, 3.63) is 46.6 Å². The van der Waals surface area contributed by atoms with Gasteiger partial charge in [0.15, 0.2) is 5.49 Å². The number of hydrogen-bond acceptors (Lipinski definition) is 4. The first kappa shape index (κ1) is 28.0. The van der Waals surface area contributed by atoms with Crippen LogP contribution in [-0.4, -0.2) is 45.8 Å². The van der Waals surface area contributed by atoms with Gasteiger partial charge < -0.3 is 14.6 Å². The molecule has 1 amide bonds. The molecule has 36 heavy (non-hydrogen) atoms. The van der Waals surface area contributed by atoms with Crippen molar-refractivity contribution in [3.63, 3.8) is 0 Å². The van der Waals surface area contributed by atoms with Gasteiger partial charge in [-0.3, -0.25) is 14.2 Å². The molecule has 1 saturated heterocycles. The molecule has 1 N–H and O–H groups in total.